The van der Waals surface area contributed by atoms with E-state index in [0.29, 0.717) is 6.54 Å². The highest BCUT2D eigenvalue weighted by molar-refractivity contribution is 5.81. The maximum absolute atomic E-state index is 13.0. The van der Waals surface area contributed by atoms with Crippen LogP contribution in [-0.2, 0) is 11.3 Å². The van der Waals surface area contributed by atoms with Crippen molar-refractivity contribution in [3.63, 3.8) is 0 Å². The number of halogens is 2. The summed E-state index contributed by atoms with van der Waals surface area (Å²) in [6.45, 7) is 4.22. The van der Waals surface area contributed by atoms with Crippen LogP contribution in [0, 0.1) is 11.6 Å². The SMILES string of the molecule is CC(NC(=O)C(C)N(C)Cc1ccc(F)cc1)c1ccc(F)cc1. The number of carbonyl (C=O) groups is 1. The van der Waals surface area contributed by atoms with Gasteiger partial charge in [-0.25, -0.2) is 8.78 Å². The molecule has 0 heterocycles. The number of nitrogens with zero attached hydrogens (tertiary/aromatic N) is 1. The molecule has 0 aromatic heterocycles. The van der Waals surface area contributed by atoms with Gasteiger partial charge in [0.2, 0.25) is 5.91 Å². The fourth-order valence-electron chi connectivity index (χ4n) is 2.38. The Balaban J connectivity index is 1.92. The molecule has 0 fully saturated rings. The molecule has 1 amide bonds. The average Bonchev–Trinajstić information content (AvgIpc) is 2.56. The zero-order chi connectivity index (χ0) is 17.7. The minimum Gasteiger partial charge on any atom is -0.348 e. The van der Waals surface area contributed by atoms with E-state index < -0.39 is 0 Å². The Morgan fingerprint density at radius 2 is 1.50 bits per heavy atom. The molecular weight excluding hydrogens is 310 g/mol. The molecular formula is C19H22F2N2O. The van der Waals surface area contributed by atoms with E-state index in [1.165, 1.54) is 24.3 Å². The predicted molar refractivity (Wildman–Crippen MR) is 90.3 cm³/mol. The minimum absolute atomic E-state index is 0.114. The Kier molecular flexibility index (Phi) is 6.04. The van der Waals surface area contributed by atoms with Gasteiger partial charge >= 0.3 is 0 Å². The summed E-state index contributed by atoms with van der Waals surface area (Å²) < 4.78 is 25.9. The molecule has 24 heavy (non-hydrogen) atoms. The van der Waals surface area contributed by atoms with Crippen molar-refractivity contribution in [2.45, 2.75) is 32.5 Å². The Hall–Kier alpha value is -2.27. The van der Waals surface area contributed by atoms with Gasteiger partial charge in [0.05, 0.1) is 12.1 Å². The number of amides is 1. The van der Waals surface area contributed by atoms with Crippen molar-refractivity contribution in [2.24, 2.45) is 0 Å². The lowest BCUT2D eigenvalue weighted by molar-refractivity contribution is -0.126. The van der Waals surface area contributed by atoms with Crippen LogP contribution in [0.1, 0.15) is 31.0 Å². The molecule has 1 N–H and O–H groups in total. The second-order valence-electron chi connectivity index (χ2n) is 6.00. The van der Waals surface area contributed by atoms with Gasteiger partial charge in [-0.1, -0.05) is 24.3 Å². The van der Waals surface area contributed by atoms with Gasteiger partial charge in [-0.3, -0.25) is 9.69 Å². The summed E-state index contributed by atoms with van der Waals surface area (Å²) in [7, 11) is 1.84. The van der Waals surface area contributed by atoms with Crippen LogP contribution in [0.2, 0.25) is 0 Å². The second-order valence-corrected chi connectivity index (χ2v) is 6.00. The first kappa shape index (κ1) is 18.1. The molecule has 0 aliphatic rings. The number of rotatable bonds is 6. The van der Waals surface area contributed by atoms with Crippen molar-refractivity contribution in [1.82, 2.24) is 10.2 Å². The third-order valence-corrected chi connectivity index (χ3v) is 4.11. The third-order valence-electron chi connectivity index (χ3n) is 4.11. The van der Waals surface area contributed by atoms with Crippen LogP contribution < -0.4 is 5.32 Å². The van der Waals surface area contributed by atoms with Crippen LogP contribution in [-0.4, -0.2) is 23.9 Å². The Bertz CT molecular complexity index is 671. The summed E-state index contributed by atoms with van der Waals surface area (Å²) in [6.07, 6.45) is 0. The first-order valence-corrected chi connectivity index (χ1v) is 7.87. The Morgan fingerprint density at radius 1 is 1.00 bits per heavy atom. The first-order chi connectivity index (χ1) is 11.4. The first-order valence-electron chi connectivity index (χ1n) is 7.87. The van der Waals surface area contributed by atoms with Gasteiger partial charge in [0.1, 0.15) is 11.6 Å². The Morgan fingerprint density at radius 3 is 2.04 bits per heavy atom. The molecule has 0 bridgehead atoms. The zero-order valence-electron chi connectivity index (χ0n) is 14.1. The maximum atomic E-state index is 13.0. The van der Waals surface area contributed by atoms with Crippen LogP contribution in [0.3, 0.4) is 0 Å². The summed E-state index contributed by atoms with van der Waals surface area (Å²) in [5.74, 6) is -0.693. The Labute approximate surface area is 141 Å². The fraction of sp³-hybridized carbons (Fsp3) is 0.316. The number of carbonyl (C=O) groups excluding carboxylic acids is 1. The molecule has 0 aliphatic heterocycles. The van der Waals surface area contributed by atoms with Gasteiger partial charge in [0, 0.05) is 6.54 Å². The van der Waals surface area contributed by atoms with E-state index >= 15 is 0 Å². The van der Waals surface area contributed by atoms with Gasteiger partial charge in [0.15, 0.2) is 0 Å². The summed E-state index contributed by atoms with van der Waals surface area (Å²) in [4.78, 5) is 14.3. The average molecular weight is 332 g/mol. The molecule has 0 aliphatic carbocycles. The van der Waals surface area contributed by atoms with Crippen LogP contribution in [0.25, 0.3) is 0 Å². The molecule has 2 unspecified atom stereocenters. The summed E-state index contributed by atoms with van der Waals surface area (Å²) in [6, 6.07) is 11.7. The van der Waals surface area contributed by atoms with E-state index in [1.807, 2.05) is 25.8 Å². The lowest BCUT2D eigenvalue weighted by Crippen LogP contribution is -2.43. The molecule has 2 aromatic carbocycles. The molecule has 5 heteroatoms. The largest absolute Gasteiger partial charge is 0.348 e. The van der Waals surface area contributed by atoms with E-state index in [-0.39, 0.29) is 29.6 Å². The lowest BCUT2D eigenvalue weighted by atomic mass is 10.1. The molecule has 2 aromatic rings. The number of benzene rings is 2. The van der Waals surface area contributed by atoms with E-state index in [4.69, 9.17) is 0 Å². The van der Waals surface area contributed by atoms with Crippen molar-refractivity contribution in [3.05, 3.63) is 71.3 Å². The molecule has 2 atom stereocenters. The second kappa shape index (κ2) is 8.02. The number of nitrogens with one attached hydrogen (secondary N) is 1. The zero-order valence-corrected chi connectivity index (χ0v) is 14.1. The lowest BCUT2D eigenvalue weighted by Gasteiger charge is -2.25. The van der Waals surface area contributed by atoms with Crippen molar-refractivity contribution in [2.75, 3.05) is 7.05 Å². The quantitative estimate of drug-likeness (QED) is 0.875. The molecule has 128 valence electrons. The predicted octanol–water partition coefficient (Wildman–Crippen LogP) is 3.66. The molecule has 2 rings (SSSR count). The van der Waals surface area contributed by atoms with Crippen molar-refractivity contribution in [1.29, 1.82) is 0 Å². The fourth-order valence-corrected chi connectivity index (χ4v) is 2.38. The molecule has 0 radical (unpaired) electrons. The summed E-state index contributed by atoms with van der Waals surface area (Å²) in [5.41, 5.74) is 1.78. The molecule has 3 nitrogen and oxygen atoms in total. The van der Waals surface area contributed by atoms with Crippen LogP contribution >= 0.6 is 0 Å². The number of likely N-dealkylation sites (N-methyl/N-ethyl adjacent to an activating group) is 1. The molecule has 0 saturated heterocycles. The van der Waals surface area contributed by atoms with E-state index in [0.717, 1.165) is 11.1 Å². The van der Waals surface area contributed by atoms with E-state index in [9.17, 15) is 13.6 Å². The van der Waals surface area contributed by atoms with Gasteiger partial charge in [-0.15, -0.1) is 0 Å². The topological polar surface area (TPSA) is 32.3 Å². The smallest absolute Gasteiger partial charge is 0.237 e. The maximum Gasteiger partial charge on any atom is 0.237 e. The monoisotopic (exact) mass is 332 g/mol. The standard InChI is InChI=1S/C19H22F2N2O/c1-13(16-6-10-18(21)11-7-16)22-19(24)14(2)23(3)12-15-4-8-17(20)9-5-15/h4-11,13-14H,12H2,1-3H3,(H,22,24). The minimum atomic E-state index is -0.349. The number of hydrogen-bond donors (Lipinski definition) is 1. The highest BCUT2D eigenvalue weighted by atomic mass is 19.1. The van der Waals surface area contributed by atoms with Crippen molar-refractivity contribution >= 4 is 5.91 Å². The van der Waals surface area contributed by atoms with Gasteiger partial charge in [-0.2, -0.15) is 0 Å². The number of hydrogen-bond acceptors (Lipinski definition) is 2. The van der Waals surface area contributed by atoms with Gasteiger partial charge in [-0.05, 0) is 56.3 Å². The van der Waals surface area contributed by atoms with Gasteiger partial charge in [0.25, 0.3) is 0 Å². The highest BCUT2D eigenvalue weighted by Gasteiger charge is 2.20. The highest BCUT2D eigenvalue weighted by Crippen LogP contribution is 2.14. The van der Waals surface area contributed by atoms with Gasteiger partial charge < -0.3 is 5.32 Å². The van der Waals surface area contributed by atoms with Crippen molar-refractivity contribution < 1.29 is 13.6 Å². The van der Waals surface area contributed by atoms with Crippen LogP contribution in [0.4, 0.5) is 8.78 Å². The van der Waals surface area contributed by atoms with Crippen LogP contribution in [0.5, 0.6) is 0 Å². The van der Waals surface area contributed by atoms with Crippen LogP contribution in [0.15, 0.2) is 48.5 Å². The van der Waals surface area contributed by atoms with E-state index in [2.05, 4.69) is 5.32 Å². The van der Waals surface area contributed by atoms with Crippen molar-refractivity contribution in [3.8, 4) is 0 Å². The summed E-state index contributed by atoms with van der Waals surface area (Å²) >= 11 is 0. The normalized spacial score (nSPS) is 13.6. The summed E-state index contributed by atoms with van der Waals surface area (Å²) in [5, 5.41) is 2.93. The molecule has 0 saturated carbocycles. The molecule has 0 spiro atoms. The van der Waals surface area contributed by atoms with E-state index in [1.54, 1.807) is 24.3 Å². The third kappa shape index (κ3) is 4.86.